The zero-order valence-corrected chi connectivity index (χ0v) is 19.7. The molecule has 0 saturated carbocycles. The van der Waals surface area contributed by atoms with Crippen LogP contribution in [0, 0.1) is 5.92 Å². The lowest BCUT2D eigenvalue weighted by Crippen LogP contribution is -2.35. The van der Waals surface area contributed by atoms with E-state index in [0.717, 1.165) is 62.4 Å². The van der Waals surface area contributed by atoms with Gasteiger partial charge in [-0.05, 0) is 43.6 Å². The van der Waals surface area contributed by atoms with Gasteiger partial charge < -0.3 is 9.64 Å². The van der Waals surface area contributed by atoms with Crippen LogP contribution in [0.3, 0.4) is 0 Å². The van der Waals surface area contributed by atoms with Crippen molar-refractivity contribution in [1.82, 2.24) is 24.2 Å². The first-order valence-corrected chi connectivity index (χ1v) is 13.3. The Morgan fingerprint density at radius 1 is 1.09 bits per heavy atom. The van der Waals surface area contributed by atoms with E-state index >= 15 is 0 Å². The highest BCUT2D eigenvalue weighted by Gasteiger charge is 2.25. The Labute approximate surface area is 190 Å². The maximum atomic E-state index is 11.7. The minimum absolute atomic E-state index is 0.334. The average Bonchev–Trinajstić information content (AvgIpc) is 2.81. The molecule has 32 heavy (non-hydrogen) atoms. The normalized spacial score (nSPS) is 17.9. The third-order valence-corrected chi connectivity index (χ3v) is 7.58. The number of aromatic nitrogens is 4. The molecular weight excluding hydrogens is 428 g/mol. The zero-order chi connectivity index (χ0) is 22.6. The molecule has 4 rings (SSSR count). The summed E-state index contributed by atoms with van der Waals surface area (Å²) >= 11 is 0. The first-order valence-electron chi connectivity index (χ1n) is 11.4. The Morgan fingerprint density at radius 2 is 1.84 bits per heavy atom. The van der Waals surface area contributed by atoms with Gasteiger partial charge in [0.25, 0.3) is 0 Å². The van der Waals surface area contributed by atoms with Gasteiger partial charge in [0, 0.05) is 56.8 Å². The molecule has 0 unspecified atom stereocenters. The van der Waals surface area contributed by atoms with Gasteiger partial charge in [-0.2, -0.15) is 9.29 Å². The molecule has 4 heterocycles. The summed E-state index contributed by atoms with van der Waals surface area (Å²) in [7, 11) is -3.19. The molecule has 0 N–H and O–H groups in total. The van der Waals surface area contributed by atoms with Gasteiger partial charge in [0.2, 0.25) is 16.0 Å². The van der Waals surface area contributed by atoms with E-state index in [4.69, 9.17) is 4.74 Å². The summed E-state index contributed by atoms with van der Waals surface area (Å²) in [6.45, 7) is 5.48. The number of ether oxygens (including phenoxy) is 1. The van der Waals surface area contributed by atoms with Crippen LogP contribution < -0.4 is 9.64 Å². The minimum atomic E-state index is -3.19. The van der Waals surface area contributed by atoms with Crippen LogP contribution in [-0.4, -0.2) is 65.2 Å². The summed E-state index contributed by atoms with van der Waals surface area (Å²) in [5, 5.41) is 0. The molecule has 10 heteroatoms. The van der Waals surface area contributed by atoms with E-state index < -0.39 is 10.0 Å². The number of rotatable bonds is 8. The molecule has 1 fully saturated rings. The van der Waals surface area contributed by atoms with Crippen LogP contribution >= 0.6 is 0 Å². The summed E-state index contributed by atoms with van der Waals surface area (Å²) in [6.07, 6.45) is 12.7. The predicted molar refractivity (Wildman–Crippen MR) is 122 cm³/mol. The summed E-state index contributed by atoms with van der Waals surface area (Å²) < 4.78 is 30.7. The molecule has 0 bridgehead atoms. The van der Waals surface area contributed by atoms with Crippen LogP contribution in [-0.2, 0) is 29.4 Å². The number of nitrogens with zero attached hydrogens (tertiary/aromatic N) is 6. The maximum absolute atomic E-state index is 11.7. The molecule has 0 aliphatic carbocycles. The van der Waals surface area contributed by atoms with Crippen LogP contribution in [0.4, 0.5) is 5.95 Å². The van der Waals surface area contributed by atoms with E-state index in [1.165, 1.54) is 16.1 Å². The summed E-state index contributed by atoms with van der Waals surface area (Å²) in [6, 6.07) is 0.388. The molecule has 1 saturated heterocycles. The van der Waals surface area contributed by atoms with Gasteiger partial charge in [-0.1, -0.05) is 6.92 Å². The number of anilines is 1. The zero-order valence-electron chi connectivity index (χ0n) is 18.9. The molecule has 0 aromatic carbocycles. The molecule has 2 aromatic rings. The van der Waals surface area contributed by atoms with E-state index in [2.05, 4.69) is 31.8 Å². The third kappa shape index (κ3) is 5.72. The molecule has 0 amide bonds. The SMILES string of the molecule is CCc1cnc(N2CCC(CCCOc3ncc4c(n3)CCN(S(C)(=O)=O)C4)CC2)nc1. The Morgan fingerprint density at radius 3 is 2.53 bits per heavy atom. The first kappa shape index (κ1) is 22.8. The van der Waals surface area contributed by atoms with Crippen LogP contribution in [0.15, 0.2) is 18.6 Å². The predicted octanol–water partition coefficient (Wildman–Crippen LogP) is 2.22. The van der Waals surface area contributed by atoms with E-state index in [1.54, 1.807) is 6.20 Å². The van der Waals surface area contributed by atoms with Crippen molar-refractivity contribution in [2.24, 2.45) is 5.92 Å². The van der Waals surface area contributed by atoms with Crippen molar-refractivity contribution in [3.63, 3.8) is 0 Å². The first-order chi connectivity index (χ1) is 15.4. The number of piperidine rings is 1. The number of fused-ring (bicyclic) bond motifs is 1. The van der Waals surface area contributed by atoms with Gasteiger partial charge in [0.15, 0.2) is 0 Å². The second-order valence-corrected chi connectivity index (χ2v) is 10.6. The maximum Gasteiger partial charge on any atom is 0.316 e. The largest absolute Gasteiger partial charge is 0.463 e. The molecule has 2 aromatic heterocycles. The summed E-state index contributed by atoms with van der Waals surface area (Å²) in [5.41, 5.74) is 2.91. The lowest BCUT2D eigenvalue weighted by atomic mass is 9.92. The number of aryl methyl sites for hydroxylation is 1. The van der Waals surface area contributed by atoms with E-state index in [0.29, 0.717) is 38.0 Å². The van der Waals surface area contributed by atoms with Gasteiger partial charge in [0.1, 0.15) is 0 Å². The van der Waals surface area contributed by atoms with Crippen molar-refractivity contribution in [3.8, 4) is 6.01 Å². The van der Waals surface area contributed by atoms with E-state index in [-0.39, 0.29) is 0 Å². The van der Waals surface area contributed by atoms with E-state index in [9.17, 15) is 8.42 Å². The lowest BCUT2D eigenvalue weighted by Gasteiger charge is -2.32. The van der Waals surface area contributed by atoms with Crippen molar-refractivity contribution in [3.05, 3.63) is 35.4 Å². The molecular formula is C22H32N6O3S. The number of hydrogen-bond acceptors (Lipinski definition) is 8. The topological polar surface area (TPSA) is 101 Å². The highest BCUT2D eigenvalue weighted by molar-refractivity contribution is 7.88. The smallest absolute Gasteiger partial charge is 0.316 e. The fourth-order valence-corrected chi connectivity index (χ4v) is 5.07. The Kier molecular flexibility index (Phi) is 7.20. The minimum Gasteiger partial charge on any atom is -0.463 e. The standard InChI is InChI=1S/C22H32N6O3S/c1-3-17-13-23-21(24-14-17)27-9-6-18(7-10-27)5-4-12-31-22-25-15-19-16-28(32(2,29)30)11-8-20(19)26-22/h13-15,18H,3-12,16H2,1-2H3. The van der Waals surface area contributed by atoms with Gasteiger partial charge in [-0.15, -0.1) is 0 Å². The fourth-order valence-electron chi connectivity index (χ4n) is 4.28. The Bertz CT molecular complexity index is 1010. The van der Waals surface area contributed by atoms with Crippen molar-refractivity contribution in [2.45, 2.75) is 52.0 Å². The molecule has 9 nitrogen and oxygen atoms in total. The van der Waals surface area contributed by atoms with E-state index in [1.807, 2.05) is 12.4 Å². The average molecular weight is 461 g/mol. The van der Waals surface area contributed by atoms with Crippen LogP contribution in [0.5, 0.6) is 6.01 Å². The van der Waals surface area contributed by atoms with Gasteiger partial charge in [0.05, 0.1) is 18.6 Å². The number of hydrogen-bond donors (Lipinski definition) is 0. The summed E-state index contributed by atoms with van der Waals surface area (Å²) in [5.74, 6) is 1.53. The summed E-state index contributed by atoms with van der Waals surface area (Å²) in [4.78, 5) is 20.0. The van der Waals surface area contributed by atoms with Gasteiger partial charge in [-0.25, -0.2) is 23.4 Å². The van der Waals surface area contributed by atoms with Crippen molar-refractivity contribution in [2.75, 3.05) is 37.4 Å². The second kappa shape index (κ2) is 10.1. The molecule has 0 atom stereocenters. The molecule has 0 spiro atoms. The highest BCUT2D eigenvalue weighted by atomic mass is 32.2. The highest BCUT2D eigenvalue weighted by Crippen LogP contribution is 2.25. The van der Waals surface area contributed by atoms with Crippen LogP contribution in [0.2, 0.25) is 0 Å². The molecule has 2 aliphatic rings. The molecule has 0 radical (unpaired) electrons. The van der Waals surface area contributed by atoms with Crippen molar-refractivity contribution in [1.29, 1.82) is 0 Å². The monoisotopic (exact) mass is 460 g/mol. The third-order valence-electron chi connectivity index (χ3n) is 6.33. The van der Waals surface area contributed by atoms with Gasteiger partial charge >= 0.3 is 6.01 Å². The number of sulfonamides is 1. The molecule has 2 aliphatic heterocycles. The van der Waals surface area contributed by atoms with Gasteiger partial charge in [-0.3, -0.25) is 0 Å². The Hall–Kier alpha value is -2.33. The van der Waals surface area contributed by atoms with Crippen LogP contribution in [0.25, 0.3) is 0 Å². The molecule has 174 valence electrons. The fraction of sp³-hybridized carbons (Fsp3) is 0.636. The Balaban J connectivity index is 1.18. The van der Waals surface area contributed by atoms with Crippen LogP contribution in [0.1, 0.15) is 49.4 Å². The van der Waals surface area contributed by atoms with Crippen molar-refractivity contribution >= 4 is 16.0 Å². The second-order valence-electron chi connectivity index (χ2n) is 8.64. The van der Waals surface area contributed by atoms with Crippen molar-refractivity contribution < 1.29 is 13.2 Å². The quantitative estimate of drug-likeness (QED) is 0.553. The lowest BCUT2D eigenvalue weighted by molar-refractivity contribution is 0.260.